The zero-order chi connectivity index (χ0) is 18.2. The molecule has 25 heavy (non-hydrogen) atoms. The largest absolute Gasteiger partial charge is 0.497 e. The summed E-state index contributed by atoms with van der Waals surface area (Å²) in [6.45, 7) is 0. The van der Waals surface area contributed by atoms with Crippen molar-refractivity contribution < 1.29 is 23.8 Å². The monoisotopic (exact) mass is 344 g/mol. The van der Waals surface area contributed by atoms with Gasteiger partial charge in [0.05, 0.1) is 19.8 Å². The molecule has 0 aliphatic carbocycles. The van der Waals surface area contributed by atoms with Crippen LogP contribution in [0, 0.1) is 0 Å². The van der Waals surface area contributed by atoms with E-state index in [4.69, 9.17) is 19.0 Å². The number of methoxy groups -OCH3 is 2. The Balaban J connectivity index is 2.48. The molecular formula is C18H20N2O5. The van der Waals surface area contributed by atoms with Crippen LogP contribution >= 0.6 is 0 Å². The highest BCUT2D eigenvalue weighted by molar-refractivity contribution is 6.45. The number of carbonyl (C=O) groups is 1. The van der Waals surface area contributed by atoms with E-state index in [1.54, 1.807) is 56.7 Å². The summed E-state index contributed by atoms with van der Waals surface area (Å²) in [5.41, 5.74) is 0.580. The minimum absolute atomic E-state index is 0.0995. The number of amides is 1. The number of hydrogen-bond acceptors (Lipinski definition) is 6. The van der Waals surface area contributed by atoms with Crippen LogP contribution in [0.4, 0.5) is 0 Å². The molecular weight excluding hydrogens is 324 g/mol. The van der Waals surface area contributed by atoms with Crippen LogP contribution in [0.2, 0.25) is 0 Å². The summed E-state index contributed by atoms with van der Waals surface area (Å²) < 4.78 is 16.5. The standard InChI is InChI=1S/C18H20N2O5/c1-19-18(21)17(20-24-4)13-7-5-6-8-14(13)25-16-11-12(22-2)9-10-15(16)23-3/h5-11H,1-4H3,(H,19,21)/b20-17+. The first-order chi connectivity index (χ1) is 12.1. The number of rotatable bonds is 7. The second kappa shape index (κ2) is 8.58. The van der Waals surface area contributed by atoms with Gasteiger partial charge in [-0.3, -0.25) is 4.79 Å². The van der Waals surface area contributed by atoms with Gasteiger partial charge in [0.25, 0.3) is 5.91 Å². The molecule has 2 aromatic rings. The molecule has 0 bridgehead atoms. The number of para-hydroxylation sites is 1. The second-order valence-electron chi connectivity index (χ2n) is 4.82. The van der Waals surface area contributed by atoms with Crippen LogP contribution in [0.3, 0.4) is 0 Å². The highest BCUT2D eigenvalue weighted by atomic mass is 16.6. The van der Waals surface area contributed by atoms with E-state index < -0.39 is 5.91 Å². The van der Waals surface area contributed by atoms with E-state index in [2.05, 4.69) is 10.5 Å². The van der Waals surface area contributed by atoms with Crippen LogP contribution in [-0.4, -0.2) is 40.0 Å². The van der Waals surface area contributed by atoms with Crippen LogP contribution < -0.4 is 19.5 Å². The minimum Gasteiger partial charge on any atom is -0.497 e. The maximum Gasteiger partial charge on any atom is 0.273 e. The zero-order valence-electron chi connectivity index (χ0n) is 14.5. The quantitative estimate of drug-likeness (QED) is 0.617. The smallest absolute Gasteiger partial charge is 0.273 e. The molecule has 0 atom stereocenters. The molecule has 0 fully saturated rings. The SMILES string of the molecule is CNC(=O)/C(=N/OC)c1ccccc1Oc1cc(OC)ccc1OC. The van der Waals surface area contributed by atoms with Crippen molar-refractivity contribution in [1.82, 2.24) is 5.32 Å². The topological polar surface area (TPSA) is 78.4 Å². The molecule has 0 spiro atoms. The Morgan fingerprint density at radius 3 is 2.36 bits per heavy atom. The second-order valence-corrected chi connectivity index (χ2v) is 4.82. The molecule has 0 aliphatic heterocycles. The maximum absolute atomic E-state index is 12.1. The molecule has 0 radical (unpaired) electrons. The van der Waals surface area contributed by atoms with Crippen molar-refractivity contribution in [3.05, 3.63) is 48.0 Å². The van der Waals surface area contributed by atoms with Crippen molar-refractivity contribution in [1.29, 1.82) is 0 Å². The summed E-state index contributed by atoms with van der Waals surface area (Å²) >= 11 is 0. The predicted molar refractivity (Wildman–Crippen MR) is 93.7 cm³/mol. The van der Waals surface area contributed by atoms with Crippen LogP contribution in [0.25, 0.3) is 0 Å². The highest BCUT2D eigenvalue weighted by Crippen LogP contribution is 2.36. The fraction of sp³-hybridized carbons (Fsp3) is 0.222. The number of oxime groups is 1. The molecule has 0 aromatic heterocycles. The minimum atomic E-state index is -0.393. The first-order valence-corrected chi connectivity index (χ1v) is 7.47. The van der Waals surface area contributed by atoms with Gasteiger partial charge in [-0.15, -0.1) is 0 Å². The molecule has 7 heteroatoms. The van der Waals surface area contributed by atoms with E-state index in [1.165, 1.54) is 14.2 Å². The van der Waals surface area contributed by atoms with Gasteiger partial charge >= 0.3 is 0 Å². The van der Waals surface area contributed by atoms with Gasteiger partial charge in [-0.1, -0.05) is 17.3 Å². The van der Waals surface area contributed by atoms with Gasteiger partial charge < -0.3 is 24.4 Å². The van der Waals surface area contributed by atoms with Gasteiger partial charge in [-0.25, -0.2) is 0 Å². The van der Waals surface area contributed by atoms with Gasteiger partial charge in [0.1, 0.15) is 18.6 Å². The molecule has 2 aromatic carbocycles. The van der Waals surface area contributed by atoms with Gasteiger partial charge in [-0.05, 0) is 24.3 Å². The Morgan fingerprint density at radius 2 is 1.72 bits per heavy atom. The Kier molecular flexibility index (Phi) is 6.22. The molecule has 0 aliphatic rings. The molecule has 1 amide bonds. The number of nitrogens with one attached hydrogen (secondary N) is 1. The van der Waals surface area contributed by atoms with E-state index in [1.807, 2.05) is 0 Å². The summed E-state index contributed by atoms with van der Waals surface area (Å²) in [4.78, 5) is 16.9. The number of hydrogen-bond donors (Lipinski definition) is 1. The molecule has 0 saturated heterocycles. The molecule has 1 N–H and O–H groups in total. The Hall–Kier alpha value is -3.22. The molecule has 0 saturated carbocycles. The molecule has 132 valence electrons. The van der Waals surface area contributed by atoms with Gasteiger partial charge in [-0.2, -0.15) is 0 Å². The van der Waals surface area contributed by atoms with Crippen molar-refractivity contribution in [2.45, 2.75) is 0 Å². The van der Waals surface area contributed by atoms with Gasteiger partial charge in [0.2, 0.25) is 0 Å². The summed E-state index contributed by atoms with van der Waals surface area (Å²) in [6, 6.07) is 12.2. The van der Waals surface area contributed by atoms with E-state index in [-0.39, 0.29) is 5.71 Å². The lowest BCUT2D eigenvalue weighted by Crippen LogP contribution is -2.28. The van der Waals surface area contributed by atoms with E-state index in [0.29, 0.717) is 28.6 Å². The highest BCUT2D eigenvalue weighted by Gasteiger charge is 2.19. The zero-order valence-corrected chi connectivity index (χ0v) is 14.5. The van der Waals surface area contributed by atoms with Crippen molar-refractivity contribution in [3.8, 4) is 23.0 Å². The van der Waals surface area contributed by atoms with E-state index in [9.17, 15) is 4.79 Å². The summed E-state index contributed by atoms with van der Waals surface area (Å²) in [7, 11) is 6.00. The number of benzene rings is 2. The fourth-order valence-corrected chi connectivity index (χ4v) is 2.16. The third-order valence-electron chi connectivity index (χ3n) is 3.36. The third kappa shape index (κ3) is 4.20. The molecule has 0 heterocycles. The number of ether oxygens (including phenoxy) is 3. The van der Waals surface area contributed by atoms with E-state index in [0.717, 1.165) is 0 Å². The van der Waals surface area contributed by atoms with E-state index >= 15 is 0 Å². The molecule has 2 rings (SSSR count). The number of likely N-dealkylation sites (N-methyl/N-ethyl adjacent to an activating group) is 1. The first-order valence-electron chi connectivity index (χ1n) is 7.47. The lowest BCUT2D eigenvalue weighted by molar-refractivity contribution is -0.114. The maximum atomic E-state index is 12.1. The van der Waals surface area contributed by atoms with Crippen LogP contribution in [-0.2, 0) is 9.63 Å². The van der Waals surface area contributed by atoms with Crippen molar-refractivity contribution in [2.75, 3.05) is 28.4 Å². The summed E-state index contributed by atoms with van der Waals surface area (Å²) in [5, 5.41) is 6.34. The number of nitrogens with zero attached hydrogens (tertiary/aromatic N) is 1. The van der Waals surface area contributed by atoms with Crippen molar-refractivity contribution >= 4 is 11.6 Å². The fourth-order valence-electron chi connectivity index (χ4n) is 2.16. The van der Waals surface area contributed by atoms with Crippen molar-refractivity contribution in [3.63, 3.8) is 0 Å². The van der Waals surface area contributed by atoms with Crippen molar-refractivity contribution in [2.24, 2.45) is 5.16 Å². The summed E-state index contributed by atoms with van der Waals surface area (Å²) in [6.07, 6.45) is 0. The lowest BCUT2D eigenvalue weighted by Gasteiger charge is -2.15. The summed E-state index contributed by atoms with van der Waals surface area (Å²) in [5.74, 6) is 1.62. The Bertz CT molecular complexity index is 774. The predicted octanol–water partition coefficient (Wildman–Crippen LogP) is 2.59. The Morgan fingerprint density at radius 1 is 0.960 bits per heavy atom. The average Bonchev–Trinajstić information content (AvgIpc) is 2.66. The average molecular weight is 344 g/mol. The molecule has 0 unspecified atom stereocenters. The van der Waals surface area contributed by atoms with Gasteiger partial charge in [0.15, 0.2) is 17.2 Å². The van der Waals surface area contributed by atoms with Gasteiger partial charge in [0, 0.05) is 13.1 Å². The third-order valence-corrected chi connectivity index (χ3v) is 3.36. The normalized spacial score (nSPS) is 10.8. The molecule has 7 nitrogen and oxygen atoms in total. The van der Waals surface area contributed by atoms with Crippen LogP contribution in [0.15, 0.2) is 47.6 Å². The van der Waals surface area contributed by atoms with Crippen LogP contribution in [0.1, 0.15) is 5.56 Å². The first kappa shape index (κ1) is 18.1. The number of carbonyl (C=O) groups excluding carboxylic acids is 1. The van der Waals surface area contributed by atoms with Crippen LogP contribution in [0.5, 0.6) is 23.0 Å². The lowest BCUT2D eigenvalue weighted by atomic mass is 10.1. The Labute approximate surface area is 146 Å².